The second kappa shape index (κ2) is 20.9. The molecule has 5 amide bonds. The number of hydrogen-bond acceptors (Lipinski definition) is 10. The minimum absolute atomic E-state index is 0.00850. The van der Waals surface area contributed by atoms with Crippen molar-refractivity contribution in [2.75, 3.05) is 25.1 Å². The van der Waals surface area contributed by atoms with Crippen LogP contribution in [0.5, 0.6) is 5.75 Å². The number of nitrogens with two attached hydrogens (primary N) is 1. The largest absolute Gasteiger partial charge is 0.508 e. The van der Waals surface area contributed by atoms with Gasteiger partial charge in [-0.05, 0) is 54.5 Å². The molecule has 17 heteroatoms. The van der Waals surface area contributed by atoms with Crippen molar-refractivity contribution in [3.63, 3.8) is 0 Å². The lowest BCUT2D eigenvalue weighted by molar-refractivity contribution is -0.143. The molecule has 0 bridgehead atoms. The molecule has 0 aromatic heterocycles. The molecule has 0 aliphatic heterocycles. The number of carbonyl (C=O) groups excluding carboxylic acids is 5. The van der Waals surface area contributed by atoms with Gasteiger partial charge in [-0.3, -0.25) is 28.8 Å². The number of phenols is 1. The summed E-state index contributed by atoms with van der Waals surface area (Å²) < 4.78 is 0. The number of thioether (sulfide) groups is 1. The van der Waals surface area contributed by atoms with Gasteiger partial charge in [-0.2, -0.15) is 11.8 Å². The number of phenolic OH excluding ortho intramolecular Hbond substituents is 1. The van der Waals surface area contributed by atoms with Crippen molar-refractivity contribution in [1.29, 1.82) is 0 Å². The number of carbonyl (C=O) groups is 7. The number of amides is 5. The molecule has 16 nitrogen and oxygen atoms in total. The van der Waals surface area contributed by atoms with E-state index in [4.69, 9.17) is 10.8 Å². The molecule has 0 saturated carbocycles. The second-order valence-electron chi connectivity index (χ2n) is 11.0. The Balaban J connectivity index is 2.01. The average Bonchev–Trinajstić information content (AvgIpc) is 3.07. The maximum absolute atomic E-state index is 13.5. The molecular formula is C32H42N6O10S. The van der Waals surface area contributed by atoms with Gasteiger partial charge in [-0.25, -0.2) is 4.79 Å². The average molecular weight is 703 g/mol. The van der Waals surface area contributed by atoms with E-state index in [-0.39, 0.29) is 31.4 Å². The Morgan fingerprint density at radius 1 is 0.694 bits per heavy atom. The normalized spacial score (nSPS) is 13.1. The third-order valence-corrected chi connectivity index (χ3v) is 7.68. The highest BCUT2D eigenvalue weighted by atomic mass is 32.2. The van der Waals surface area contributed by atoms with Crippen LogP contribution < -0.4 is 32.3 Å². The van der Waals surface area contributed by atoms with Crippen LogP contribution in [0.2, 0.25) is 0 Å². The van der Waals surface area contributed by atoms with Crippen LogP contribution in [0.1, 0.15) is 30.4 Å². The summed E-state index contributed by atoms with van der Waals surface area (Å²) in [4.78, 5) is 86.6. The zero-order valence-electron chi connectivity index (χ0n) is 26.8. The fourth-order valence-corrected chi connectivity index (χ4v) is 4.87. The molecule has 0 heterocycles. The van der Waals surface area contributed by atoms with Crippen molar-refractivity contribution in [1.82, 2.24) is 26.6 Å². The zero-order valence-corrected chi connectivity index (χ0v) is 27.7. The molecule has 0 saturated heterocycles. The van der Waals surface area contributed by atoms with E-state index in [1.165, 1.54) is 23.9 Å². The molecule has 4 atom stereocenters. The van der Waals surface area contributed by atoms with Crippen LogP contribution >= 0.6 is 11.8 Å². The molecule has 266 valence electrons. The topological polar surface area (TPSA) is 266 Å². The van der Waals surface area contributed by atoms with Crippen LogP contribution in [0.3, 0.4) is 0 Å². The highest BCUT2D eigenvalue weighted by Gasteiger charge is 2.30. The van der Waals surface area contributed by atoms with Crippen molar-refractivity contribution >= 4 is 53.2 Å². The predicted molar refractivity (Wildman–Crippen MR) is 179 cm³/mol. The lowest BCUT2D eigenvalue weighted by Gasteiger charge is -2.24. The van der Waals surface area contributed by atoms with E-state index in [0.29, 0.717) is 16.9 Å². The number of hydrogen-bond donors (Lipinski definition) is 9. The molecule has 49 heavy (non-hydrogen) atoms. The first-order chi connectivity index (χ1) is 23.3. The van der Waals surface area contributed by atoms with Gasteiger partial charge < -0.3 is 47.6 Å². The van der Waals surface area contributed by atoms with E-state index in [0.717, 1.165) is 0 Å². The highest BCUT2D eigenvalue weighted by Crippen LogP contribution is 2.11. The van der Waals surface area contributed by atoms with Gasteiger partial charge >= 0.3 is 11.9 Å². The van der Waals surface area contributed by atoms with E-state index in [1.54, 1.807) is 48.7 Å². The molecule has 10 N–H and O–H groups in total. The number of carboxylic acid groups (broad SMARTS) is 2. The zero-order chi connectivity index (χ0) is 36.3. The van der Waals surface area contributed by atoms with E-state index in [9.17, 15) is 43.8 Å². The van der Waals surface area contributed by atoms with Gasteiger partial charge in [-0.1, -0.05) is 42.5 Å². The van der Waals surface area contributed by atoms with Crippen molar-refractivity contribution < 1.29 is 48.9 Å². The molecule has 2 aromatic carbocycles. The summed E-state index contributed by atoms with van der Waals surface area (Å²) in [5, 5.41) is 39.9. The first-order valence-electron chi connectivity index (χ1n) is 15.2. The fourth-order valence-electron chi connectivity index (χ4n) is 4.40. The molecule has 2 rings (SSSR count). The maximum Gasteiger partial charge on any atom is 0.326 e. The second-order valence-corrected chi connectivity index (χ2v) is 11.9. The minimum atomic E-state index is -1.50. The number of aliphatic carboxylic acids is 2. The molecule has 0 unspecified atom stereocenters. The smallest absolute Gasteiger partial charge is 0.326 e. The number of rotatable bonds is 21. The van der Waals surface area contributed by atoms with Crippen LogP contribution in [-0.4, -0.2) is 106 Å². The monoisotopic (exact) mass is 702 g/mol. The Hall–Kier alpha value is -5.16. The van der Waals surface area contributed by atoms with E-state index in [2.05, 4.69) is 26.6 Å². The van der Waals surface area contributed by atoms with Gasteiger partial charge in [0.05, 0.1) is 19.1 Å². The number of benzene rings is 2. The van der Waals surface area contributed by atoms with Crippen LogP contribution in [0.15, 0.2) is 54.6 Å². The summed E-state index contributed by atoms with van der Waals surface area (Å²) >= 11 is 1.38. The van der Waals surface area contributed by atoms with Crippen molar-refractivity contribution in [2.45, 2.75) is 56.3 Å². The first-order valence-corrected chi connectivity index (χ1v) is 16.6. The predicted octanol–water partition coefficient (Wildman–Crippen LogP) is -1.11. The third kappa shape index (κ3) is 15.5. The lowest BCUT2D eigenvalue weighted by atomic mass is 10.0. The Morgan fingerprint density at radius 3 is 1.90 bits per heavy atom. The Bertz CT molecular complexity index is 1440. The fraction of sp³-hybridized carbons (Fsp3) is 0.406. The van der Waals surface area contributed by atoms with Gasteiger partial charge in [-0.15, -0.1) is 0 Å². The third-order valence-electron chi connectivity index (χ3n) is 7.04. The van der Waals surface area contributed by atoms with Gasteiger partial charge in [0.15, 0.2) is 0 Å². The van der Waals surface area contributed by atoms with E-state index < -0.39 is 85.2 Å². The van der Waals surface area contributed by atoms with Crippen LogP contribution in [0.4, 0.5) is 0 Å². The minimum Gasteiger partial charge on any atom is -0.508 e. The molecule has 0 aliphatic carbocycles. The molecule has 0 fully saturated rings. The summed E-state index contributed by atoms with van der Waals surface area (Å²) in [7, 11) is 0. The summed E-state index contributed by atoms with van der Waals surface area (Å²) in [5.74, 6) is -5.83. The number of aromatic hydroxyl groups is 1. The molecular weight excluding hydrogens is 660 g/mol. The van der Waals surface area contributed by atoms with Crippen molar-refractivity contribution in [3.8, 4) is 5.75 Å². The summed E-state index contributed by atoms with van der Waals surface area (Å²) in [6.07, 6.45) is 1.18. The van der Waals surface area contributed by atoms with Gasteiger partial charge in [0.1, 0.15) is 23.9 Å². The Morgan fingerprint density at radius 2 is 1.29 bits per heavy atom. The SMILES string of the molecule is CSCC[C@H](NC(=O)[C@H](Cc1ccccc1)NC(=O)CNC(=O)CNC(=O)[C@@H](N)Cc1ccc(O)cc1)C(=O)N[C@@H](CCC(=O)O)C(=O)O. The van der Waals surface area contributed by atoms with Crippen molar-refractivity contribution in [3.05, 3.63) is 65.7 Å². The van der Waals surface area contributed by atoms with Crippen LogP contribution in [0, 0.1) is 0 Å². The first kappa shape index (κ1) is 40.0. The van der Waals surface area contributed by atoms with Crippen molar-refractivity contribution in [2.24, 2.45) is 5.73 Å². The quantitative estimate of drug-likeness (QED) is 0.0750. The Labute approximate surface area is 287 Å². The highest BCUT2D eigenvalue weighted by molar-refractivity contribution is 7.98. The standard InChI is InChI=1S/C32H42N6O10S/c1-49-14-13-23(30(45)38-24(32(47)48)11-12-28(42)43)37-31(46)25(16-19-5-3-2-4-6-19)36-27(41)18-34-26(40)17-35-29(44)22(33)15-20-7-9-21(39)10-8-20/h2-10,22-25,39H,11-18,33H2,1H3,(H,34,40)(H,35,44)(H,36,41)(H,37,46)(H,38,45)(H,42,43)(H,47,48)/t22-,23-,24-,25-/m0/s1. The molecule has 0 spiro atoms. The summed E-state index contributed by atoms with van der Waals surface area (Å²) in [5.41, 5.74) is 7.27. The Kier molecular flexibility index (Phi) is 17.1. The lowest BCUT2D eigenvalue weighted by Crippen LogP contribution is -2.57. The van der Waals surface area contributed by atoms with Crippen LogP contribution in [-0.2, 0) is 46.4 Å². The van der Waals surface area contributed by atoms with E-state index in [1.807, 2.05) is 0 Å². The number of carboxylic acids is 2. The van der Waals surface area contributed by atoms with Gasteiger partial charge in [0.2, 0.25) is 29.5 Å². The van der Waals surface area contributed by atoms with Crippen LogP contribution in [0.25, 0.3) is 0 Å². The van der Waals surface area contributed by atoms with Gasteiger partial charge in [0, 0.05) is 12.8 Å². The van der Waals surface area contributed by atoms with Gasteiger partial charge in [0.25, 0.3) is 0 Å². The molecule has 0 radical (unpaired) electrons. The van der Waals surface area contributed by atoms with E-state index >= 15 is 0 Å². The molecule has 0 aliphatic rings. The summed E-state index contributed by atoms with van der Waals surface area (Å²) in [6.45, 7) is -1.02. The molecule has 2 aromatic rings. The summed E-state index contributed by atoms with van der Waals surface area (Å²) in [6, 6.07) is 9.91. The number of nitrogens with one attached hydrogen (secondary N) is 5. The maximum atomic E-state index is 13.5.